The van der Waals surface area contributed by atoms with Gasteiger partial charge in [0.05, 0.1) is 10.9 Å². The molecular weight excluding hydrogens is 393 g/mol. The molecule has 0 aliphatic rings. The summed E-state index contributed by atoms with van der Waals surface area (Å²) in [5, 5.41) is 10.4. The first-order chi connectivity index (χ1) is 13.8. The highest BCUT2D eigenvalue weighted by Crippen LogP contribution is 2.23. The minimum absolute atomic E-state index is 0.127. The highest BCUT2D eigenvalue weighted by molar-refractivity contribution is 8.00. The van der Waals surface area contributed by atoms with Gasteiger partial charge in [0.2, 0.25) is 11.1 Å². The number of benzene rings is 2. The maximum absolute atomic E-state index is 13.7. The fraction of sp³-hybridized carbons (Fsp3) is 0.250. The van der Waals surface area contributed by atoms with Crippen molar-refractivity contribution in [1.29, 1.82) is 0 Å². The Bertz CT molecular complexity index is 1000. The number of nitrogen functional groups attached to an aromatic ring is 1. The van der Waals surface area contributed by atoms with E-state index >= 15 is 0 Å². The van der Waals surface area contributed by atoms with E-state index in [4.69, 9.17) is 10.6 Å². The van der Waals surface area contributed by atoms with Gasteiger partial charge in [0, 0.05) is 0 Å². The van der Waals surface area contributed by atoms with E-state index < -0.39 is 11.1 Å². The summed E-state index contributed by atoms with van der Waals surface area (Å²) < 4.78 is 20.8. The zero-order valence-corrected chi connectivity index (χ0v) is 17.2. The number of amides is 1. The highest BCUT2D eigenvalue weighted by atomic mass is 32.2. The van der Waals surface area contributed by atoms with Gasteiger partial charge in [0.1, 0.15) is 18.2 Å². The van der Waals surface area contributed by atoms with E-state index in [0.717, 1.165) is 28.6 Å². The number of ether oxygens (including phenoxy) is 1. The Kier molecular flexibility index (Phi) is 6.38. The van der Waals surface area contributed by atoms with Crippen LogP contribution in [0.25, 0.3) is 0 Å². The molecule has 0 spiro atoms. The monoisotopic (exact) mass is 415 g/mol. The van der Waals surface area contributed by atoms with Crippen molar-refractivity contribution >= 4 is 23.4 Å². The van der Waals surface area contributed by atoms with Crippen molar-refractivity contribution < 1.29 is 13.9 Å². The Morgan fingerprint density at radius 3 is 2.62 bits per heavy atom. The number of carbonyl (C=O) groups excluding carboxylic acids is 1. The first kappa shape index (κ1) is 20.7. The number of rotatable bonds is 7. The Labute approximate surface area is 172 Å². The topological polar surface area (TPSA) is 95.1 Å². The van der Waals surface area contributed by atoms with Crippen LogP contribution < -0.4 is 15.9 Å². The third-order valence-electron chi connectivity index (χ3n) is 4.08. The minimum Gasteiger partial charge on any atom is -0.486 e. The quantitative estimate of drug-likeness (QED) is 0.453. The molecule has 0 saturated carbocycles. The second kappa shape index (κ2) is 8.95. The lowest BCUT2D eigenvalue weighted by Gasteiger charge is -2.12. The molecule has 0 radical (unpaired) electrons. The van der Waals surface area contributed by atoms with E-state index in [2.05, 4.69) is 21.6 Å². The predicted molar refractivity (Wildman–Crippen MR) is 111 cm³/mol. The van der Waals surface area contributed by atoms with Crippen LogP contribution in [0, 0.1) is 19.7 Å². The second-order valence-electron chi connectivity index (χ2n) is 6.61. The summed E-state index contributed by atoms with van der Waals surface area (Å²) in [6, 6.07) is 11.9. The summed E-state index contributed by atoms with van der Waals surface area (Å²) in [4.78, 5) is 12.3. The number of hydrogen-bond donors (Lipinski definition) is 2. The molecule has 0 aliphatic carbocycles. The zero-order chi connectivity index (χ0) is 21.0. The van der Waals surface area contributed by atoms with Crippen LogP contribution >= 0.6 is 11.8 Å². The zero-order valence-electron chi connectivity index (χ0n) is 16.3. The minimum atomic E-state index is -0.561. The van der Waals surface area contributed by atoms with E-state index in [1.54, 1.807) is 19.1 Å². The standard InChI is InChI=1S/C20H22FN5O2S/c1-12-8-13(2)10-15(9-12)28-11-18-24-25-20(26(18)22)29-14(3)19(27)23-17-7-5-4-6-16(17)21/h4-10,14H,11,22H2,1-3H3,(H,23,27). The lowest BCUT2D eigenvalue weighted by Crippen LogP contribution is -2.24. The Morgan fingerprint density at radius 2 is 1.93 bits per heavy atom. The molecule has 152 valence electrons. The van der Waals surface area contributed by atoms with E-state index in [0.29, 0.717) is 11.0 Å². The fourth-order valence-corrected chi connectivity index (χ4v) is 3.45. The van der Waals surface area contributed by atoms with Crippen LogP contribution in [0.2, 0.25) is 0 Å². The first-order valence-corrected chi connectivity index (χ1v) is 9.84. The Balaban J connectivity index is 1.61. The molecule has 0 aliphatic heterocycles. The van der Waals surface area contributed by atoms with Crippen LogP contribution in [0.4, 0.5) is 10.1 Å². The summed E-state index contributed by atoms with van der Waals surface area (Å²) in [5.41, 5.74) is 2.32. The van der Waals surface area contributed by atoms with Gasteiger partial charge in [-0.3, -0.25) is 4.79 Å². The van der Waals surface area contributed by atoms with Crippen LogP contribution in [0.1, 0.15) is 23.9 Å². The molecule has 2 aromatic carbocycles. The molecule has 0 fully saturated rings. The molecule has 7 nitrogen and oxygen atoms in total. The molecule has 3 aromatic rings. The maximum atomic E-state index is 13.7. The van der Waals surface area contributed by atoms with Crippen molar-refractivity contribution in [3.05, 3.63) is 65.2 Å². The van der Waals surface area contributed by atoms with Crippen LogP contribution in [-0.4, -0.2) is 26.0 Å². The van der Waals surface area contributed by atoms with Crippen LogP contribution in [0.15, 0.2) is 47.6 Å². The number of hydrogen-bond acceptors (Lipinski definition) is 6. The summed E-state index contributed by atoms with van der Waals surface area (Å²) >= 11 is 1.13. The van der Waals surface area contributed by atoms with E-state index in [-0.39, 0.29) is 18.2 Å². The Morgan fingerprint density at radius 1 is 1.24 bits per heavy atom. The van der Waals surface area contributed by atoms with E-state index in [1.165, 1.54) is 16.8 Å². The van der Waals surface area contributed by atoms with Gasteiger partial charge < -0.3 is 15.9 Å². The van der Waals surface area contributed by atoms with E-state index in [9.17, 15) is 9.18 Å². The van der Waals surface area contributed by atoms with Gasteiger partial charge >= 0.3 is 0 Å². The number of para-hydroxylation sites is 1. The number of anilines is 1. The number of halogens is 1. The average Bonchev–Trinajstić information content (AvgIpc) is 3.01. The molecule has 3 rings (SSSR count). The van der Waals surface area contributed by atoms with Crippen molar-refractivity contribution in [2.24, 2.45) is 0 Å². The lowest BCUT2D eigenvalue weighted by molar-refractivity contribution is -0.115. The number of nitrogens with one attached hydrogen (secondary N) is 1. The number of aryl methyl sites for hydroxylation is 2. The van der Waals surface area contributed by atoms with Gasteiger partial charge in [-0.25, -0.2) is 9.07 Å². The summed E-state index contributed by atoms with van der Waals surface area (Å²) in [6.07, 6.45) is 0. The van der Waals surface area contributed by atoms with Gasteiger partial charge in [0.25, 0.3) is 0 Å². The van der Waals surface area contributed by atoms with Crippen molar-refractivity contribution in [2.45, 2.75) is 37.8 Å². The van der Waals surface area contributed by atoms with Gasteiger partial charge in [-0.1, -0.05) is 30.0 Å². The molecule has 1 heterocycles. The molecule has 0 saturated heterocycles. The van der Waals surface area contributed by atoms with Gasteiger partial charge in [-0.05, 0) is 56.2 Å². The molecule has 29 heavy (non-hydrogen) atoms. The normalized spacial score (nSPS) is 11.9. The summed E-state index contributed by atoms with van der Waals surface area (Å²) in [5.74, 6) is 6.34. The number of nitrogens with zero attached hydrogens (tertiary/aromatic N) is 3. The van der Waals surface area contributed by atoms with Gasteiger partial charge in [0.15, 0.2) is 5.82 Å². The number of nitrogens with two attached hydrogens (primary N) is 1. The number of aromatic nitrogens is 3. The smallest absolute Gasteiger partial charge is 0.237 e. The van der Waals surface area contributed by atoms with E-state index in [1.807, 2.05) is 26.0 Å². The van der Waals surface area contributed by atoms with Crippen molar-refractivity contribution in [2.75, 3.05) is 11.2 Å². The van der Waals surface area contributed by atoms with Gasteiger partial charge in [-0.2, -0.15) is 0 Å². The van der Waals surface area contributed by atoms with Crippen LogP contribution in [0.3, 0.4) is 0 Å². The van der Waals surface area contributed by atoms with Crippen LogP contribution in [-0.2, 0) is 11.4 Å². The molecular formula is C20H22FN5O2S. The Hall–Kier alpha value is -3.07. The largest absolute Gasteiger partial charge is 0.486 e. The van der Waals surface area contributed by atoms with Gasteiger partial charge in [-0.15, -0.1) is 10.2 Å². The average molecular weight is 415 g/mol. The molecule has 0 bridgehead atoms. The van der Waals surface area contributed by atoms with Crippen molar-refractivity contribution in [3.63, 3.8) is 0 Å². The molecule has 3 N–H and O–H groups in total. The maximum Gasteiger partial charge on any atom is 0.237 e. The molecule has 1 aromatic heterocycles. The third-order valence-corrected chi connectivity index (χ3v) is 5.14. The summed E-state index contributed by atoms with van der Waals surface area (Å²) in [7, 11) is 0. The highest BCUT2D eigenvalue weighted by Gasteiger charge is 2.20. The predicted octanol–water partition coefficient (Wildman–Crippen LogP) is 3.45. The fourth-order valence-electron chi connectivity index (χ4n) is 2.66. The lowest BCUT2D eigenvalue weighted by atomic mass is 10.1. The number of carbonyl (C=O) groups is 1. The first-order valence-electron chi connectivity index (χ1n) is 8.96. The number of thioether (sulfide) groups is 1. The molecule has 9 heteroatoms. The summed E-state index contributed by atoms with van der Waals surface area (Å²) in [6.45, 7) is 5.81. The molecule has 1 atom stereocenters. The van der Waals surface area contributed by atoms with Crippen molar-refractivity contribution in [3.8, 4) is 5.75 Å². The second-order valence-corrected chi connectivity index (χ2v) is 7.92. The van der Waals surface area contributed by atoms with Crippen LogP contribution in [0.5, 0.6) is 5.75 Å². The molecule has 1 unspecified atom stereocenters. The SMILES string of the molecule is Cc1cc(C)cc(OCc2nnc(SC(C)C(=O)Nc3ccccc3F)n2N)c1. The third kappa shape index (κ3) is 5.26. The van der Waals surface area contributed by atoms with Crippen molar-refractivity contribution in [1.82, 2.24) is 14.9 Å². The molecule has 1 amide bonds.